The summed E-state index contributed by atoms with van der Waals surface area (Å²) in [6, 6.07) is 12.5. The Morgan fingerprint density at radius 3 is 1.93 bits per heavy atom. The minimum atomic E-state index is -0.125. The van der Waals surface area contributed by atoms with Crippen molar-refractivity contribution in [1.82, 2.24) is 0 Å². The van der Waals surface area contributed by atoms with E-state index in [1.165, 1.54) is 0 Å². The quantitative estimate of drug-likeness (QED) is 0.452. The topological polar surface area (TPSA) is 26.3 Å². The first-order chi connectivity index (χ1) is 6.66. The zero-order chi connectivity index (χ0) is 10.8. The molecule has 0 radical (unpaired) electrons. The third kappa shape index (κ3) is 13.4. The van der Waals surface area contributed by atoms with Crippen LogP contribution in [-0.2, 0) is 31.2 Å². The molecule has 0 amide bonds. The molecule has 0 N–H and O–H groups in total. The summed E-state index contributed by atoms with van der Waals surface area (Å²) in [5.74, 6) is -0.125. The van der Waals surface area contributed by atoms with Crippen molar-refractivity contribution in [2.45, 2.75) is 33.3 Å². The fourth-order valence-electron chi connectivity index (χ4n) is 0.688. The molecule has 0 saturated heterocycles. The van der Waals surface area contributed by atoms with Crippen molar-refractivity contribution in [3.8, 4) is 0 Å². The van der Waals surface area contributed by atoms with Gasteiger partial charge >= 0.3 is 5.97 Å². The Morgan fingerprint density at radius 1 is 1.27 bits per heavy atom. The maximum Gasteiger partial charge on any atom is 0.305 e. The molecule has 0 fully saturated rings. The fourth-order valence-corrected chi connectivity index (χ4v) is 0.688. The predicted octanol–water partition coefficient (Wildman–Crippen LogP) is 2.83. The molecule has 0 unspecified atom stereocenters. The van der Waals surface area contributed by atoms with Crippen molar-refractivity contribution < 1.29 is 31.2 Å². The van der Waals surface area contributed by atoms with Crippen LogP contribution in [0, 0.1) is 6.07 Å². The Kier molecular flexibility index (Phi) is 12.9. The van der Waals surface area contributed by atoms with Gasteiger partial charge in [0.15, 0.2) is 0 Å². The van der Waals surface area contributed by atoms with Crippen molar-refractivity contribution in [1.29, 1.82) is 0 Å². The van der Waals surface area contributed by atoms with Crippen LogP contribution in [0.15, 0.2) is 30.3 Å². The molecule has 0 aliphatic heterocycles. The molecule has 82 valence electrons. The zero-order valence-corrected chi connectivity index (χ0v) is 11.0. The van der Waals surface area contributed by atoms with Crippen LogP contribution in [0.5, 0.6) is 0 Å². The number of carbonyl (C=O) groups excluding carboxylic acids is 1. The van der Waals surface area contributed by atoms with Gasteiger partial charge in [0.2, 0.25) is 0 Å². The number of benzene rings is 1. The molecule has 0 spiro atoms. The van der Waals surface area contributed by atoms with Gasteiger partial charge in [-0.2, -0.15) is 36.4 Å². The van der Waals surface area contributed by atoms with Crippen molar-refractivity contribution >= 4 is 5.97 Å². The van der Waals surface area contributed by atoms with Gasteiger partial charge < -0.3 is 4.74 Å². The Hall–Kier alpha value is -0.596. The molecule has 1 aromatic carbocycles. The number of carbonyl (C=O) groups is 1. The van der Waals surface area contributed by atoms with Crippen molar-refractivity contribution in [2.24, 2.45) is 0 Å². The molecule has 2 nitrogen and oxygen atoms in total. The van der Waals surface area contributed by atoms with Gasteiger partial charge in [0.05, 0.1) is 6.10 Å². The van der Waals surface area contributed by atoms with E-state index in [2.05, 4.69) is 6.07 Å². The second kappa shape index (κ2) is 11.5. The maximum absolute atomic E-state index is 10.4. The van der Waals surface area contributed by atoms with Crippen LogP contribution in [0.3, 0.4) is 0 Å². The first-order valence-corrected chi connectivity index (χ1v) is 4.77. The van der Waals surface area contributed by atoms with Crippen LogP contribution in [0.2, 0.25) is 0 Å². The third-order valence-corrected chi connectivity index (χ3v) is 1.26. The summed E-state index contributed by atoms with van der Waals surface area (Å²) in [6.07, 6.45) is 0.500. The summed E-state index contributed by atoms with van der Waals surface area (Å²) >= 11 is 0. The molecule has 0 aliphatic rings. The van der Waals surface area contributed by atoms with Crippen LogP contribution in [0.4, 0.5) is 0 Å². The second-order valence-corrected chi connectivity index (χ2v) is 2.97. The standard InChI is InChI=1S/C6H12O2.C6H5.Ti/c1-4-6(7)8-5(2)3;1-2-4-6-5-3-1;/h5H,4H2,1-3H3;1-5H;/q;-1;. The molecule has 1 rings (SSSR count). The minimum Gasteiger partial charge on any atom is -0.463 e. The summed E-state index contributed by atoms with van der Waals surface area (Å²) < 4.78 is 4.76. The normalized spacial score (nSPS) is 8.27. The van der Waals surface area contributed by atoms with E-state index in [9.17, 15) is 4.79 Å². The average molecular weight is 241 g/mol. The van der Waals surface area contributed by atoms with E-state index in [4.69, 9.17) is 4.74 Å². The van der Waals surface area contributed by atoms with E-state index in [0.29, 0.717) is 6.42 Å². The van der Waals surface area contributed by atoms with Crippen LogP contribution in [0.1, 0.15) is 27.2 Å². The average Bonchev–Trinajstić information content (AvgIpc) is 2.20. The first kappa shape index (κ1) is 16.8. The van der Waals surface area contributed by atoms with Crippen molar-refractivity contribution in [2.75, 3.05) is 0 Å². The first-order valence-electron chi connectivity index (χ1n) is 4.77. The Balaban J connectivity index is 0. The smallest absolute Gasteiger partial charge is 0.305 e. The van der Waals surface area contributed by atoms with Gasteiger partial charge in [-0.05, 0) is 13.8 Å². The van der Waals surface area contributed by atoms with Crippen LogP contribution >= 0.6 is 0 Å². The van der Waals surface area contributed by atoms with E-state index in [0.717, 1.165) is 0 Å². The second-order valence-electron chi connectivity index (χ2n) is 2.97. The van der Waals surface area contributed by atoms with E-state index in [1.54, 1.807) is 6.92 Å². The number of esters is 1. The molecular weight excluding hydrogens is 224 g/mol. The number of hydrogen-bond donors (Lipinski definition) is 0. The maximum atomic E-state index is 10.4. The Morgan fingerprint density at radius 2 is 1.80 bits per heavy atom. The largest absolute Gasteiger partial charge is 0.463 e. The van der Waals surface area contributed by atoms with Gasteiger partial charge in [-0.25, -0.2) is 0 Å². The van der Waals surface area contributed by atoms with Gasteiger partial charge in [-0.15, -0.1) is 0 Å². The van der Waals surface area contributed by atoms with Gasteiger partial charge in [0.1, 0.15) is 0 Å². The summed E-state index contributed by atoms with van der Waals surface area (Å²) in [6.45, 7) is 5.46. The molecule has 0 aliphatic carbocycles. The molecule has 0 saturated carbocycles. The zero-order valence-electron chi connectivity index (χ0n) is 9.49. The number of hydrogen-bond acceptors (Lipinski definition) is 2. The summed E-state index contributed by atoms with van der Waals surface area (Å²) in [5, 5.41) is 0. The van der Waals surface area contributed by atoms with E-state index >= 15 is 0 Å². The SMILES string of the molecule is CCC(=O)OC(C)C.[Ti].[c-]1ccccc1. The van der Waals surface area contributed by atoms with Gasteiger partial charge in [0, 0.05) is 28.1 Å². The summed E-state index contributed by atoms with van der Waals surface area (Å²) in [4.78, 5) is 10.4. The van der Waals surface area contributed by atoms with E-state index in [-0.39, 0.29) is 33.8 Å². The minimum absolute atomic E-state index is 0. The van der Waals surface area contributed by atoms with Crippen LogP contribution in [-0.4, -0.2) is 12.1 Å². The van der Waals surface area contributed by atoms with Crippen molar-refractivity contribution in [3.05, 3.63) is 36.4 Å². The molecular formula is C12H17O2Ti-. The number of ether oxygens (including phenoxy) is 1. The monoisotopic (exact) mass is 241 g/mol. The Labute approximate surface area is 107 Å². The molecule has 0 heterocycles. The molecule has 0 bridgehead atoms. The third-order valence-electron chi connectivity index (χ3n) is 1.26. The van der Waals surface area contributed by atoms with Crippen LogP contribution < -0.4 is 0 Å². The van der Waals surface area contributed by atoms with Gasteiger partial charge in [0.25, 0.3) is 0 Å². The van der Waals surface area contributed by atoms with Crippen molar-refractivity contribution in [3.63, 3.8) is 0 Å². The number of rotatable bonds is 2. The molecule has 1 aromatic rings. The fraction of sp³-hybridized carbons (Fsp3) is 0.417. The van der Waals surface area contributed by atoms with Gasteiger partial charge in [-0.3, -0.25) is 4.79 Å². The molecule has 0 atom stereocenters. The van der Waals surface area contributed by atoms with E-state index in [1.807, 2.05) is 44.2 Å². The molecule has 15 heavy (non-hydrogen) atoms. The van der Waals surface area contributed by atoms with E-state index < -0.39 is 0 Å². The Bertz CT molecular complexity index is 208. The summed E-state index contributed by atoms with van der Waals surface area (Å²) in [5.41, 5.74) is 0. The van der Waals surface area contributed by atoms with Crippen LogP contribution in [0.25, 0.3) is 0 Å². The predicted molar refractivity (Wildman–Crippen MR) is 56.8 cm³/mol. The molecule has 3 heteroatoms. The summed E-state index contributed by atoms with van der Waals surface area (Å²) in [7, 11) is 0. The molecule has 0 aromatic heterocycles. The van der Waals surface area contributed by atoms with Gasteiger partial charge in [-0.1, -0.05) is 6.92 Å².